The van der Waals surface area contributed by atoms with Gasteiger partial charge in [0.15, 0.2) is 0 Å². The molecular formula is C6H15NO4S. The SMILES string of the molecule is NCCC(CCCO)S(=O)(=O)O. The van der Waals surface area contributed by atoms with Crippen molar-refractivity contribution < 1.29 is 18.1 Å². The first kappa shape index (κ1) is 11.8. The Balaban J connectivity index is 4.05. The predicted octanol–water partition coefficient (Wildman–Crippen LogP) is -0.636. The van der Waals surface area contributed by atoms with Crippen LogP contribution in [-0.4, -0.2) is 36.5 Å². The van der Waals surface area contributed by atoms with Crippen molar-refractivity contribution in [1.29, 1.82) is 0 Å². The third-order valence-electron chi connectivity index (χ3n) is 1.59. The van der Waals surface area contributed by atoms with E-state index in [9.17, 15) is 8.42 Å². The maximum Gasteiger partial charge on any atom is 0.267 e. The Morgan fingerprint density at radius 2 is 1.92 bits per heavy atom. The van der Waals surface area contributed by atoms with Gasteiger partial charge in [-0.15, -0.1) is 0 Å². The number of aliphatic hydroxyl groups is 1. The van der Waals surface area contributed by atoms with Gasteiger partial charge in [0.05, 0.1) is 5.25 Å². The molecular weight excluding hydrogens is 182 g/mol. The van der Waals surface area contributed by atoms with Crippen molar-refractivity contribution in [1.82, 2.24) is 0 Å². The number of nitrogens with two attached hydrogens (primary N) is 1. The van der Waals surface area contributed by atoms with Crippen LogP contribution in [0.3, 0.4) is 0 Å². The van der Waals surface area contributed by atoms with Crippen LogP contribution in [0.2, 0.25) is 0 Å². The lowest BCUT2D eigenvalue weighted by Gasteiger charge is -2.10. The minimum atomic E-state index is -3.99. The molecule has 0 fully saturated rings. The van der Waals surface area contributed by atoms with Gasteiger partial charge in [0.2, 0.25) is 0 Å². The van der Waals surface area contributed by atoms with E-state index in [2.05, 4.69) is 0 Å². The third-order valence-corrected chi connectivity index (χ3v) is 2.91. The van der Waals surface area contributed by atoms with E-state index in [4.69, 9.17) is 15.4 Å². The fourth-order valence-corrected chi connectivity index (χ4v) is 1.85. The summed E-state index contributed by atoms with van der Waals surface area (Å²) in [5.41, 5.74) is 5.16. The summed E-state index contributed by atoms with van der Waals surface area (Å²) in [6, 6.07) is 0. The molecule has 0 aliphatic heterocycles. The molecule has 0 aromatic carbocycles. The lowest BCUT2D eigenvalue weighted by Crippen LogP contribution is -2.24. The van der Waals surface area contributed by atoms with Crippen LogP contribution in [0.25, 0.3) is 0 Å². The van der Waals surface area contributed by atoms with Gasteiger partial charge in [0, 0.05) is 6.61 Å². The molecule has 0 radical (unpaired) electrons. The first-order chi connectivity index (χ1) is 5.52. The molecule has 0 aromatic rings. The molecule has 0 saturated heterocycles. The molecule has 6 heteroatoms. The quantitative estimate of drug-likeness (QED) is 0.492. The molecule has 5 nitrogen and oxygen atoms in total. The summed E-state index contributed by atoms with van der Waals surface area (Å²) < 4.78 is 30.0. The van der Waals surface area contributed by atoms with Gasteiger partial charge < -0.3 is 10.8 Å². The lowest BCUT2D eigenvalue weighted by molar-refractivity contribution is 0.282. The number of hydrogen-bond acceptors (Lipinski definition) is 4. The fraction of sp³-hybridized carbons (Fsp3) is 1.00. The van der Waals surface area contributed by atoms with Crippen LogP contribution < -0.4 is 5.73 Å². The molecule has 0 amide bonds. The molecule has 0 heterocycles. The predicted molar refractivity (Wildman–Crippen MR) is 45.3 cm³/mol. The lowest BCUT2D eigenvalue weighted by atomic mass is 10.2. The molecule has 0 aliphatic rings. The standard InChI is InChI=1S/C6H15NO4S/c7-4-3-6(2-1-5-8)12(9,10)11/h6,8H,1-5,7H2,(H,9,10,11). The molecule has 0 saturated carbocycles. The molecule has 12 heavy (non-hydrogen) atoms. The molecule has 0 bridgehead atoms. The molecule has 4 N–H and O–H groups in total. The molecule has 0 aliphatic carbocycles. The molecule has 1 unspecified atom stereocenters. The zero-order valence-corrected chi connectivity index (χ0v) is 7.63. The second-order valence-corrected chi connectivity index (χ2v) is 4.28. The van der Waals surface area contributed by atoms with E-state index < -0.39 is 15.4 Å². The van der Waals surface area contributed by atoms with Gasteiger partial charge in [0.1, 0.15) is 0 Å². The Morgan fingerprint density at radius 1 is 1.33 bits per heavy atom. The highest BCUT2D eigenvalue weighted by molar-refractivity contribution is 7.86. The van der Waals surface area contributed by atoms with E-state index in [1.807, 2.05) is 0 Å². The van der Waals surface area contributed by atoms with Crippen molar-refractivity contribution in [2.45, 2.75) is 24.5 Å². The van der Waals surface area contributed by atoms with Crippen LogP contribution in [0.5, 0.6) is 0 Å². The second-order valence-electron chi connectivity index (χ2n) is 2.58. The highest BCUT2D eigenvalue weighted by Gasteiger charge is 2.20. The minimum Gasteiger partial charge on any atom is -0.396 e. The van der Waals surface area contributed by atoms with Gasteiger partial charge in [-0.3, -0.25) is 4.55 Å². The number of hydrogen-bond donors (Lipinski definition) is 3. The van der Waals surface area contributed by atoms with Crippen LogP contribution in [0.1, 0.15) is 19.3 Å². The summed E-state index contributed by atoms with van der Waals surface area (Å²) >= 11 is 0. The summed E-state index contributed by atoms with van der Waals surface area (Å²) in [5, 5.41) is 7.62. The van der Waals surface area contributed by atoms with Crippen LogP contribution in [-0.2, 0) is 10.1 Å². The van der Waals surface area contributed by atoms with Crippen molar-refractivity contribution in [2.75, 3.05) is 13.2 Å². The maximum atomic E-state index is 10.6. The van der Waals surface area contributed by atoms with Crippen molar-refractivity contribution in [2.24, 2.45) is 5.73 Å². The molecule has 74 valence electrons. The van der Waals surface area contributed by atoms with Gasteiger partial charge in [-0.25, -0.2) is 0 Å². The van der Waals surface area contributed by atoms with Gasteiger partial charge in [-0.2, -0.15) is 8.42 Å². The van der Waals surface area contributed by atoms with E-state index in [1.165, 1.54) is 0 Å². The average Bonchev–Trinajstić information content (AvgIpc) is 1.95. The number of aliphatic hydroxyl groups excluding tert-OH is 1. The Kier molecular flexibility index (Phi) is 5.39. The summed E-state index contributed by atoms with van der Waals surface area (Å²) in [7, 11) is -3.99. The first-order valence-corrected chi connectivity index (χ1v) is 5.30. The van der Waals surface area contributed by atoms with E-state index >= 15 is 0 Å². The largest absolute Gasteiger partial charge is 0.396 e. The molecule has 0 rings (SSSR count). The van der Waals surface area contributed by atoms with Gasteiger partial charge in [0.25, 0.3) is 10.1 Å². The van der Waals surface area contributed by atoms with Crippen molar-refractivity contribution in [3.8, 4) is 0 Å². The Hall–Kier alpha value is -0.170. The van der Waals surface area contributed by atoms with Crippen LogP contribution in [0.15, 0.2) is 0 Å². The van der Waals surface area contributed by atoms with Gasteiger partial charge in [-0.1, -0.05) is 0 Å². The van der Waals surface area contributed by atoms with E-state index in [1.54, 1.807) is 0 Å². The van der Waals surface area contributed by atoms with Crippen molar-refractivity contribution in [3.05, 3.63) is 0 Å². The molecule has 1 atom stereocenters. The minimum absolute atomic E-state index is 0.0728. The Labute approximate surface area is 72.3 Å². The summed E-state index contributed by atoms with van der Waals surface area (Å²) in [6.45, 7) is 0.145. The second kappa shape index (κ2) is 5.47. The Morgan fingerprint density at radius 3 is 2.25 bits per heavy atom. The summed E-state index contributed by atoms with van der Waals surface area (Å²) in [5.74, 6) is 0. The third kappa shape index (κ3) is 4.66. The monoisotopic (exact) mass is 197 g/mol. The highest BCUT2D eigenvalue weighted by atomic mass is 32.2. The highest BCUT2D eigenvalue weighted by Crippen LogP contribution is 2.10. The Bertz CT molecular complexity index is 202. The normalized spacial score (nSPS) is 14.6. The van der Waals surface area contributed by atoms with Crippen LogP contribution >= 0.6 is 0 Å². The summed E-state index contributed by atoms with van der Waals surface area (Å²) in [4.78, 5) is 0. The summed E-state index contributed by atoms with van der Waals surface area (Å²) in [6.07, 6.45) is 0.857. The van der Waals surface area contributed by atoms with E-state index in [-0.39, 0.29) is 26.0 Å². The zero-order valence-electron chi connectivity index (χ0n) is 6.81. The zero-order chi connectivity index (χ0) is 9.61. The van der Waals surface area contributed by atoms with Gasteiger partial charge in [-0.05, 0) is 25.8 Å². The van der Waals surface area contributed by atoms with Crippen LogP contribution in [0, 0.1) is 0 Å². The van der Waals surface area contributed by atoms with Gasteiger partial charge >= 0.3 is 0 Å². The van der Waals surface area contributed by atoms with Crippen molar-refractivity contribution >= 4 is 10.1 Å². The topological polar surface area (TPSA) is 101 Å². The van der Waals surface area contributed by atoms with E-state index in [0.717, 1.165) is 0 Å². The number of rotatable bonds is 6. The van der Waals surface area contributed by atoms with E-state index in [0.29, 0.717) is 6.42 Å². The molecule has 0 spiro atoms. The smallest absolute Gasteiger partial charge is 0.267 e. The van der Waals surface area contributed by atoms with Crippen molar-refractivity contribution in [3.63, 3.8) is 0 Å². The first-order valence-electron chi connectivity index (χ1n) is 3.79. The maximum absolute atomic E-state index is 10.6. The van der Waals surface area contributed by atoms with Crippen LogP contribution in [0.4, 0.5) is 0 Å². The fourth-order valence-electron chi connectivity index (χ4n) is 0.947. The average molecular weight is 197 g/mol. The molecule has 0 aromatic heterocycles.